The van der Waals surface area contributed by atoms with E-state index in [4.69, 9.17) is 5.73 Å². The highest BCUT2D eigenvalue weighted by atomic mass is 19.4. The topological polar surface area (TPSA) is 56.7 Å². The molecule has 3 rings (SSSR count). The molecule has 1 aliphatic rings. The number of hydrogen-bond donors (Lipinski definition) is 1. The van der Waals surface area contributed by atoms with Gasteiger partial charge in [0, 0.05) is 11.3 Å². The van der Waals surface area contributed by atoms with Crippen LogP contribution in [-0.2, 0) is 19.0 Å². The Morgan fingerprint density at radius 3 is 2.55 bits per heavy atom. The molecule has 1 aliphatic carbocycles. The van der Waals surface area contributed by atoms with Crippen LogP contribution >= 0.6 is 0 Å². The number of anilines is 1. The van der Waals surface area contributed by atoms with Crippen LogP contribution in [0.15, 0.2) is 18.3 Å². The minimum atomic E-state index is -4.43. The summed E-state index contributed by atoms with van der Waals surface area (Å²) >= 11 is 0. The number of halogens is 3. The van der Waals surface area contributed by atoms with Crippen LogP contribution in [0.25, 0.3) is 5.82 Å². The molecule has 0 amide bonds. The fraction of sp³-hybridized carbons (Fsp3) is 0.385. The maximum Gasteiger partial charge on any atom is 0.435 e. The van der Waals surface area contributed by atoms with E-state index in [1.54, 1.807) is 12.1 Å². The molecule has 0 unspecified atom stereocenters. The van der Waals surface area contributed by atoms with Crippen LogP contribution in [0.3, 0.4) is 0 Å². The second-order valence-corrected chi connectivity index (χ2v) is 4.84. The molecule has 0 aromatic carbocycles. The lowest BCUT2D eigenvalue weighted by Gasteiger charge is -2.14. The van der Waals surface area contributed by atoms with Crippen molar-refractivity contribution in [2.24, 2.45) is 0 Å². The molecule has 0 fully saturated rings. The van der Waals surface area contributed by atoms with Crippen LogP contribution < -0.4 is 5.73 Å². The number of aromatic nitrogens is 3. The van der Waals surface area contributed by atoms with E-state index in [0.717, 1.165) is 12.8 Å². The predicted octanol–water partition coefficient (Wildman–Crippen LogP) is 2.75. The van der Waals surface area contributed by atoms with Crippen molar-refractivity contribution in [1.29, 1.82) is 0 Å². The molecule has 2 heterocycles. The number of nitrogens with two attached hydrogens (primary N) is 1. The lowest BCUT2D eigenvalue weighted by molar-refractivity contribution is -0.142. The Kier molecular flexibility index (Phi) is 2.92. The van der Waals surface area contributed by atoms with Crippen LogP contribution in [-0.4, -0.2) is 14.8 Å². The Bertz CT molecular complexity index is 628. The van der Waals surface area contributed by atoms with Gasteiger partial charge in [-0.25, -0.2) is 9.67 Å². The van der Waals surface area contributed by atoms with Gasteiger partial charge >= 0.3 is 6.18 Å². The van der Waals surface area contributed by atoms with Gasteiger partial charge in [0.25, 0.3) is 0 Å². The highest BCUT2D eigenvalue weighted by Crippen LogP contribution is 2.36. The van der Waals surface area contributed by atoms with Crippen LogP contribution in [0.5, 0.6) is 0 Å². The zero-order valence-electron chi connectivity index (χ0n) is 10.6. The molecule has 2 aromatic heterocycles. The molecule has 0 radical (unpaired) electrons. The van der Waals surface area contributed by atoms with E-state index in [0.29, 0.717) is 35.6 Å². The summed E-state index contributed by atoms with van der Waals surface area (Å²) in [5.74, 6) is 0.368. The summed E-state index contributed by atoms with van der Waals surface area (Å²) in [7, 11) is 0. The second-order valence-electron chi connectivity index (χ2n) is 4.84. The molecule has 106 valence electrons. The van der Waals surface area contributed by atoms with E-state index >= 15 is 0 Å². The van der Waals surface area contributed by atoms with Crippen molar-refractivity contribution in [2.75, 3.05) is 5.73 Å². The summed E-state index contributed by atoms with van der Waals surface area (Å²) in [6.07, 6.45) is -0.383. The molecule has 0 bridgehead atoms. The van der Waals surface area contributed by atoms with Crippen LogP contribution in [0.1, 0.15) is 29.8 Å². The van der Waals surface area contributed by atoms with Gasteiger partial charge < -0.3 is 5.73 Å². The fourth-order valence-electron chi connectivity index (χ4n) is 2.54. The molecule has 0 aliphatic heterocycles. The van der Waals surface area contributed by atoms with Gasteiger partial charge in [0.05, 0.1) is 11.9 Å². The summed E-state index contributed by atoms with van der Waals surface area (Å²) in [6.45, 7) is 0. The van der Waals surface area contributed by atoms with Crippen LogP contribution in [0.2, 0.25) is 0 Å². The minimum absolute atomic E-state index is 0.308. The summed E-state index contributed by atoms with van der Waals surface area (Å²) in [6, 6.07) is 3.18. The van der Waals surface area contributed by atoms with E-state index in [1.165, 1.54) is 10.9 Å². The van der Waals surface area contributed by atoms with Gasteiger partial charge in [-0.15, -0.1) is 0 Å². The number of fused-ring (bicyclic) bond motifs is 1. The van der Waals surface area contributed by atoms with E-state index in [9.17, 15) is 13.2 Å². The summed E-state index contributed by atoms with van der Waals surface area (Å²) in [4.78, 5) is 4.06. The Labute approximate surface area is 113 Å². The Balaban J connectivity index is 2.16. The average molecular weight is 282 g/mol. The van der Waals surface area contributed by atoms with Gasteiger partial charge in [-0.1, -0.05) is 0 Å². The third kappa shape index (κ3) is 2.13. The predicted molar refractivity (Wildman–Crippen MR) is 67.4 cm³/mol. The van der Waals surface area contributed by atoms with E-state index < -0.39 is 11.9 Å². The molecule has 7 heteroatoms. The average Bonchev–Trinajstić information content (AvgIpc) is 2.79. The first-order valence-corrected chi connectivity index (χ1v) is 6.36. The Morgan fingerprint density at radius 1 is 1.15 bits per heavy atom. The SMILES string of the molecule is Nc1ccc(-n2nc(C(F)(F)F)c3c2CCCC3)nc1. The molecule has 20 heavy (non-hydrogen) atoms. The van der Waals surface area contributed by atoms with E-state index in [2.05, 4.69) is 10.1 Å². The number of nitrogens with zero attached hydrogens (tertiary/aromatic N) is 3. The third-order valence-electron chi connectivity index (χ3n) is 3.44. The summed E-state index contributed by atoms with van der Waals surface area (Å²) < 4.78 is 40.5. The first-order chi connectivity index (χ1) is 9.47. The van der Waals surface area contributed by atoms with Crippen molar-refractivity contribution < 1.29 is 13.2 Å². The molecular weight excluding hydrogens is 269 g/mol. The third-order valence-corrected chi connectivity index (χ3v) is 3.44. The standard InChI is InChI=1S/C13H13F3N4/c14-13(15,16)12-9-3-1-2-4-10(9)20(19-12)11-6-5-8(17)7-18-11/h5-7H,1-4,17H2. The normalized spacial score (nSPS) is 15.2. The van der Waals surface area contributed by atoms with Gasteiger partial charge in [-0.3, -0.25) is 0 Å². The van der Waals surface area contributed by atoms with Crippen molar-refractivity contribution in [3.05, 3.63) is 35.3 Å². The van der Waals surface area contributed by atoms with Gasteiger partial charge in [0.2, 0.25) is 0 Å². The highest BCUT2D eigenvalue weighted by Gasteiger charge is 2.39. The quantitative estimate of drug-likeness (QED) is 0.875. The fourth-order valence-corrected chi connectivity index (χ4v) is 2.54. The molecule has 0 atom stereocenters. The van der Waals surface area contributed by atoms with Crippen LogP contribution in [0, 0.1) is 0 Å². The maximum absolute atomic E-state index is 13.1. The van der Waals surface area contributed by atoms with Gasteiger partial charge in [-0.05, 0) is 37.8 Å². The van der Waals surface area contributed by atoms with Crippen LogP contribution in [0.4, 0.5) is 18.9 Å². The lowest BCUT2D eigenvalue weighted by atomic mass is 9.95. The Morgan fingerprint density at radius 2 is 1.90 bits per heavy atom. The molecular formula is C13H13F3N4. The molecule has 0 saturated carbocycles. The summed E-state index contributed by atoms with van der Waals surface area (Å²) in [5, 5.41) is 3.75. The number of hydrogen-bond acceptors (Lipinski definition) is 3. The summed E-state index contributed by atoms with van der Waals surface area (Å²) in [5.41, 5.74) is 6.14. The van der Waals surface area contributed by atoms with E-state index in [1.807, 2.05) is 0 Å². The van der Waals surface area contributed by atoms with Crippen molar-refractivity contribution in [1.82, 2.24) is 14.8 Å². The second kappa shape index (κ2) is 4.50. The van der Waals surface area contributed by atoms with Crippen molar-refractivity contribution >= 4 is 5.69 Å². The van der Waals surface area contributed by atoms with Crippen molar-refractivity contribution in [3.8, 4) is 5.82 Å². The minimum Gasteiger partial charge on any atom is -0.397 e. The van der Waals surface area contributed by atoms with Gasteiger partial charge in [-0.2, -0.15) is 18.3 Å². The van der Waals surface area contributed by atoms with E-state index in [-0.39, 0.29) is 0 Å². The van der Waals surface area contributed by atoms with Crippen molar-refractivity contribution in [3.63, 3.8) is 0 Å². The monoisotopic (exact) mass is 282 g/mol. The lowest BCUT2D eigenvalue weighted by Crippen LogP contribution is -2.11. The highest BCUT2D eigenvalue weighted by molar-refractivity contribution is 5.41. The molecule has 2 aromatic rings. The number of pyridine rings is 1. The number of rotatable bonds is 1. The smallest absolute Gasteiger partial charge is 0.397 e. The largest absolute Gasteiger partial charge is 0.435 e. The zero-order chi connectivity index (χ0) is 14.3. The van der Waals surface area contributed by atoms with Gasteiger partial charge in [0.15, 0.2) is 11.5 Å². The van der Waals surface area contributed by atoms with Gasteiger partial charge in [0.1, 0.15) is 0 Å². The van der Waals surface area contributed by atoms with Crippen molar-refractivity contribution in [2.45, 2.75) is 31.9 Å². The maximum atomic E-state index is 13.1. The molecule has 4 nitrogen and oxygen atoms in total. The molecule has 0 saturated heterocycles. The first-order valence-electron chi connectivity index (χ1n) is 6.36. The molecule has 0 spiro atoms. The first kappa shape index (κ1) is 13.0. The number of alkyl halides is 3. The zero-order valence-corrected chi connectivity index (χ0v) is 10.6. The number of nitrogen functional groups attached to an aromatic ring is 1. The Hall–Kier alpha value is -2.05. The molecule has 2 N–H and O–H groups in total.